The van der Waals surface area contributed by atoms with Gasteiger partial charge in [-0.2, -0.15) is 0 Å². The Morgan fingerprint density at radius 3 is 1.09 bits per heavy atom. The average molecular weight is 2450 g/mol. The van der Waals surface area contributed by atoms with Gasteiger partial charge >= 0.3 is 0 Å². The van der Waals surface area contributed by atoms with Crippen LogP contribution in [0.5, 0.6) is 0 Å². The maximum absolute atomic E-state index is 13.4. The summed E-state index contributed by atoms with van der Waals surface area (Å²) in [5, 5.41) is 37.2. The zero-order valence-electron chi connectivity index (χ0n) is 86.3. The molecule has 739 valence electrons. The quantitative estimate of drug-likeness (QED) is 0.0293. The minimum absolute atomic E-state index is 0. The number of pyridine rings is 3. The number of aliphatic hydroxyl groups excluding tert-OH is 3. The van der Waals surface area contributed by atoms with Crippen LogP contribution >= 0.6 is 0 Å². The summed E-state index contributed by atoms with van der Waals surface area (Å²) in [5.74, 6) is 6.45. The fourth-order valence-corrected chi connectivity index (χ4v) is 25.3. The standard InChI is InChI=1S/C31H28NSi.C28H30NSi.C27H28NSi.C23H32O2.C9H16O2.C7H12O2.3Ir/c1-22-17-25(23-11-7-5-8-12-23)19-26(18-22)31-21-28(24-13-9-6-10-14-24)29-20-27(33(2,3)4)15-16-30(29)32-31;1-28(2,3)22-14-12-21(13-15-22)27-19-24(20-10-8-7-9-11-20)25-18-23(30(4,5)6)16-17-26(25)29-27;1-19(2)20-11-13-22(14-12-20)27-18-24(21-9-7-6-8-10-21)25-17-23(29(3,4)5)15-16-26(25)28-27;24-20(22-8-14-1-15(9-22)3-16(2-14)10-22)7-21(25)23-11-17-4-18(12-23)6-19(5-17)13-23;1-6(2)8(10)5-9(11)7(3)4;1-3-6(8)5-7(9)4-2;;;/h5-17,19-21H,1-4H3;7-12,14-19H,1-6H3;6-13,15-19H,1-5H3;7,14-19,24H,1-6,8-13H2;5-7,10H,1-4H3;5,8H,3-4H2,1-2H3;;;/q3*-1;;;;;;. The minimum Gasteiger partial charge on any atom is -0.512 e. The van der Waals surface area contributed by atoms with Gasteiger partial charge in [0, 0.05) is 130 Å². The summed E-state index contributed by atoms with van der Waals surface area (Å²) in [4.78, 5) is 50.1. The summed E-state index contributed by atoms with van der Waals surface area (Å²) in [6.45, 7) is 45.6. The second-order valence-corrected chi connectivity index (χ2v) is 60.6. The Bertz CT molecular complexity index is 6470. The number of aromatic nitrogens is 3. The van der Waals surface area contributed by atoms with Gasteiger partial charge in [-0.15, -0.1) is 106 Å². The van der Waals surface area contributed by atoms with Crippen molar-refractivity contribution in [3.05, 3.63) is 313 Å². The molecule has 15 heteroatoms. The second-order valence-electron chi connectivity index (χ2n) is 45.4. The number of nitrogens with zero attached hydrogens (tertiary/aromatic N) is 3. The van der Waals surface area contributed by atoms with Crippen LogP contribution in [0, 0.1) is 83.3 Å². The second kappa shape index (κ2) is 47.5. The number of ketones is 3. The number of aryl methyl sites for hydroxylation is 1. The first-order valence-corrected chi connectivity index (χ1v) is 61.0. The zero-order valence-corrected chi connectivity index (χ0v) is 96.5. The molecule has 8 aliphatic rings. The molecule has 8 fully saturated rings. The number of carbonyl (C=O) groups excluding carboxylic acids is 3. The van der Waals surface area contributed by atoms with Crippen LogP contribution in [0.25, 0.3) is 111 Å². The number of allylic oxidation sites excluding steroid dienone is 6. The third-order valence-electron chi connectivity index (χ3n) is 29.3. The van der Waals surface area contributed by atoms with E-state index in [9.17, 15) is 24.6 Å². The molecular formula is C125H146Ir3N3O6Si3-3. The van der Waals surface area contributed by atoms with Gasteiger partial charge in [-0.3, -0.25) is 29.3 Å². The van der Waals surface area contributed by atoms with Gasteiger partial charge in [0.05, 0.1) is 52.3 Å². The van der Waals surface area contributed by atoms with Gasteiger partial charge in [-0.05, 0) is 192 Å². The molecule has 0 aliphatic heterocycles. The van der Waals surface area contributed by atoms with Gasteiger partial charge < -0.3 is 15.3 Å². The van der Waals surface area contributed by atoms with Gasteiger partial charge in [-0.1, -0.05) is 339 Å². The molecule has 0 spiro atoms. The summed E-state index contributed by atoms with van der Waals surface area (Å²) >= 11 is 0. The fourth-order valence-electron chi connectivity index (χ4n) is 21.9. The summed E-state index contributed by atoms with van der Waals surface area (Å²) in [6.07, 6.45) is 20.4. The van der Waals surface area contributed by atoms with Crippen LogP contribution in [-0.4, -0.2) is 71.8 Å². The zero-order chi connectivity index (χ0) is 98.2. The Labute approximate surface area is 879 Å². The number of aliphatic hydroxyl groups is 3. The molecule has 3 radical (unpaired) electrons. The maximum Gasteiger partial charge on any atom is 0.165 e. The van der Waals surface area contributed by atoms with Gasteiger partial charge in [0.25, 0.3) is 0 Å². The minimum atomic E-state index is -1.44. The molecule has 13 aromatic rings. The Balaban J connectivity index is 0.000000167. The molecule has 3 aromatic heterocycles. The molecule has 8 bridgehead atoms. The van der Waals surface area contributed by atoms with E-state index in [2.05, 4.69) is 361 Å². The Kier molecular flexibility index (Phi) is 37.6. The van der Waals surface area contributed by atoms with Crippen LogP contribution in [0.1, 0.15) is 189 Å². The van der Waals surface area contributed by atoms with Gasteiger partial charge in [0.2, 0.25) is 0 Å². The molecule has 0 atom stereocenters. The van der Waals surface area contributed by atoms with E-state index in [1.54, 1.807) is 19.9 Å². The summed E-state index contributed by atoms with van der Waals surface area (Å²) in [5.41, 5.74) is 22.6. The van der Waals surface area contributed by atoms with Crippen molar-refractivity contribution >= 4 is 89.8 Å². The van der Waals surface area contributed by atoms with Crippen LogP contribution in [0.4, 0.5) is 0 Å². The first kappa shape index (κ1) is 111. The molecule has 0 saturated heterocycles. The molecular weight excluding hydrogens is 2300 g/mol. The van der Waals surface area contributed by atoms with E-state index in [0.717, 1.165) is 130 Å². The molecule has 3 N–H and O–H groups in total. The fraction of sp³-hybridized carbons (Fsp3) is 0.376. The number of hydrogen-bond acceptors (Lipinski definition) is 9. The van der Waals surface area contributed by atoms with Crippen molar-refractivity contribution in [2.75, 3.05) is 0 Å². The summed E-state index contributed by atoms with van der Waals surface area (Å²) < 4.78 is 0. The normalized spacial score (nSPS) is 19.6. The topological polar surface area (TPSA) is 151 Å². The molecule has 0 amide bonds. The summed E-state index contributed by atoms with van der Waals surface area (Å²) in [7, 11) is -4.25. The molecule has 10 aromatic carbocycles. The van der Waals surface area contributed by atoms with Crippen molar-refractivity contribution in [1.82, 2.24) is 15.0 Å². The third-order valence-corrected chi connectivity index (χ3v) is 35.4. The summed E-state index contributed by atoms with van der Waals surface area (Å²) in [6, 6.07) is 97.5. The van der Waals surface area contributed by atoms with Gasteiger partial charge in [-0.25, -0.2) is 0 Å². The van der Waals surface area contributed by atoms with Crippen molar-refractivity contribution in [1.29, 1.82) is 0 Å². The monoisotopic (exact) mass is 2450 g/mol. The van der Waals surface area contributed by atoms with E-state index in [-0.39, 0.29) is 111 Å². The number of carbonyl (C=O) groups is 3. The predicted molar refractivity (Wildman–Crippen MR) is 585 cm³/mol. The van der Waals surface area contributed by atoms with E-state index < -0.39 is 24.2 Å². The molecule has 3 heterocycles. The van der Waals surface area contributed by atoms with Crippen molar-refractivity contribution in [3.8, 4) is 78.3 Å². The average Bonchev–Trinajstić information content (AvgIpc) is 0.728. The number of benzene rings is 10. The van der Waals surface area contributed by atoms with E-state index in [0.29, 0.717) is 30.3 Å². The molecule has 0 unspecified atom stereocenters. The van der Waals surface area contributed by atoms with Gasteiger partial charge in [0.1, 0.15) is 5.76 Å². The van der Waals surface area contributed by atoms with Crippen molar-refractivity contribution in [2.45, 2.75) is 243 Å². The van der Waals surface area contributed by atoms with Crippen molar-refractivity contribution in [3.63, 3.8) is 0 Å². The third kappa shape index (κ3) is 27.6. The van der Waals surface area contributed by atoms with Crippen LogP contribution in [0.2, 0.25) is 58.9 Å². The molecule has 9 nitrogen and oxygen atoms in total. The number of rotatable bonds is 20. The van der Waals surface area contributed by atoms with Gasteiger partial charge in [0.15, 0.2) is 17.3 Å². The van der Waals surface area contributed by atoms with Crippen LogP contribution < -0.4 is 15.6 Å². The smallest absolute Gasteiger partial charge is 0.165 e. The first-order valence-electron chi connectivity index (χ1n) is 50.5. The number of hydrogen-bond donors (Lipinski definition) is 3. The Hall–Kier alpha value is -9.34. The SMILES string of the molecule is CC(C)(C)c1c[c-]c(-c2cc(-c3ccccc3)c3cc([Si](C)(C)C)ccc3n2)cc1.CC(C)C(=O)C=C(O)C(C)C.CC(C)c1c[c-]c(-c2cc(-c3ccccc3)c3cc([Si](C)(C)C)ccc3n2)cc1.CCC(=O)C=C(O)CC.Cc1[c-]c(-c2cc(-c3ccccc3)c3cc([Si](C)(C)C)ccc3n2)cc(-c2ccccc2)c1.O=C(C=C(O)C12CC3CC(CC(C3)C1)C2)C12CC3CC(CC(C3)C1)C2.[Ir].[Ir].[Ir]. The number of fused-ring (bicyclic) bond motifs is 3. The van der Waals surface area contributed by atoms with E-state index in [1.165, 1.54) is 138 Å². The largest absolute Gasteiger partial charge is 0.512 e. The van der Waals surface area contributed by atoms with Crippen molar-refractivity contribution < 1.29 is 90.0 Å². The Morgan fingerprint density at radius 2 is 0.771 bits per heavy atom. The van der Waals surface area contributed by atoms with Crippen LogP contribution in [0.3, 0.4) is 0 Å². The van der Waals surface area contributed by atoms with E-state index in [4.69, 9.17) is 20.1 Å². The van der Waals surface area contributed by atoms with Crippen molar-refractivity contribution in [2.24, 2.45) is 58.2 Å². The molecule has 140 heavy (non-hydrogen) atoms. The van der Waals surface area contributed by atoms with Crippen LogP contribution in [-0.2, 0) is 80.1 Å². The van der Waals surface area contributed by atoms with E-state index >= 15 is 0 Å². The maximum atomic E-state index is 13.4. The van der Waals surface area contributed by atoms with E-state index in [1.807, 2.05) is 27.7 Å². The molecule has 8 saturated carbocycles. The first-order chi connectivity index (χ1) is 65.0. The Morgan fingerprint density at radius 1 is 0.407 bits per heavy atom. The van der Waals surface area contributed by atoms with Crippen LogP contribution in [0.15, 0.2) is 278 Å². The molecule has 8 aliphatic carbocycles. The predicted octanol–water partition coefficient (Wildman–Crippen LogP) is 31.7. The molecule has 21 rings (SSSR count).